The number of hydrogen-bond acceptors (Lipinski definition) is 3. The molecule has 3 rings (SSSR count). The largest absolute Gasteiger partial charge is 0.383 e. The minimum atomic E-state index is -0.0210. The second-order valence-electron chi connectivity index (χ2n) is 9.14. The van der Waals surface area contributed by atoms with Gasteiger partial charge in [0.1, 0.15) is 0 Å². The Morgan fingerprint density at radius 1 is 1.06 bits per heavy atom. The lowest BCUT2D eigenvalue weighted by Crippen LogP contribution is -2.45. The van der Waals surface area contributed by atoms with E-state index in [0.29, 0.717) is 32.2 Å². The summed E-state index contributed by atoms with van der Waals surface area (Å²) < 4.78 is 7.44. The zero-order chi connectivity index (χ0) is 22.9. The van der Waals surface area contributed by atoms with Crippen LogP contribution >= 0.6 is 0 Å². The zero-order valence-corrected chi connectivity index (χ0v) is 19.7. The maximum Gasteiger partial charge on any atom is 0.242 e. The van der Waals surface area contributed by atoms with Gasteiger partial charge in [0.25, 0.3) is 0 Å². The maximum absolute atomic E-state index is 13.3. The third-order valence-electron chi connectivity index (χ3n) is 5.93. The van der Waals surface area contributed by atoms with Crippen LogP contribution < -0.4 is 0 Å². The molecule has 174 valence electrons. The number of benzene rings is 1. The molecule has 0 unspecified atom stereocenters. The van der Waals surface area contributed by atoms with Gasteiger partial charge < -0.3 is 19.1 Å². The molecule has 1 aromatic heterocycles. The van der Waals surface area contributed by atoms with Gasteiger partial charge in [0.05, 0.1) is 19.7 Å². The molecular weight excluding hydrogens is 402 g/mol. The Hall–Kier alpha value is -2.60. The fraction of sp³-hybridized carbons (Fsp3) is 0.538. The average Bonchev–Trinajstić information content (AvgIpc) is 3.55. The predicted octanol–water partition coefficient (Wildman–Crippen LogP) is 3.80. The lowest BCUT2D eigenvalue weighted by molar-refractivity contribution is -0.142. The molecule has 2 amide bonds. The van der Waals surface area contributed by atoms with Crippen LogP contribution in [0.5, 0.6) is 0 Å². The fourth-order valence-electron chi connectivity index (χ4n) is 3.75. The highest BCUT2D eigenvalue weighted by molar-refractivity contribution is 5.87. The van der Waals surface area contributed by atoms with Crippen molar-refractivity contribution in [3.63, 3.8) is 0 Å². The lowest BCUT2D eigenvalue weighted by Gasteiger charge is -2.28. The standard InChI is InChI=1S/C26H37N3O3/c1-21(2)13-15-29(26(31)23-11-12-23)20-25(30)28(16-17-32-3)19-24-10-7-14-27(24)18-22-8-5-4-6-9-22/h4-10,14,21,23H,11-13,15-20H2,1-3H3. The van der Waals surface area contributed by atoms with E-state index in [2.05, 4.69) is 36.6 Å². The molecule has 0 bridgehead atoms. The smallest absolute Gasteiger partial charge is 0.242 e. The molecule has 0 spiro atoms. The number of nitrogens with zero attached hydrogens (tertiary/aromatic N) is 3. The first-order chi connectivity index (χ1) is 15.5. The summed E-state index contributed by atoms with van der Waals surface area (Å²) in [6.07, 6.45) is 4.85. The minimum absolute atomic E-state index is 0.0210. The van der Waals surface area contributed by atoms with Crippen LogP contribution in [0.4, 0.5) is 0 Å². The van der Waals surface area contributed by atoms with Crippen LogP contribution in [0.25, 0.3) is 0 Å². The van der Waals surface area contributed by atoms with E-state index >= 15 is 0 Å². The van der Waals surface area contributed by atoms with Gasteiger partial charge in [-0.15, -0.1) is 0 Å². The third-order valence-corrected chi connectivity index (χ3v) is 5.93. The quantitative estimate of drug-likeness (QED) is 0.477. The van der Waals surface area contributed by atoms with Gasteiger partial charge in [0.2, 0.25) is 11.8 Å². The van der Waals surface area contributed by atoms with Crippen molar-refractivity contribution in [3.05, 3.63) is 59.9 Å². The molecule has 6 heteroatoms. The molecule has 6 nitrogen and oxygen atoms in total. The Morgan fingerprint density at radius 3 is 2.47 bits per heavy atom. The first-order valence-corrected chi connectivity index (χ1v) is 11.7. The van der Waals surface area contributed by atoms with Gasteiger partial charge in [-0.05, 0) is 42.9 Å². The maximum atomic E-state index is 13.3. The molecule has 0 saturated heterocycles. The van der Waals surface area contributed by atoms with Crippen LogP contribution in [0.3, 0.4) is 0 Å². The molecular formula is C26H37N3O3. The Morgan fingerprint density at radius 2 is 1.81 bits per heavy atom. The van der Waals surface area contributed by atoms with E-state index in [4.69, 9.17) is 4.74 Å². The number of aromatic nitrogens is 1. The molecule has 0 aliphatic heterocycles. The van der Waals surface area contributed by atoms with Crippen LogP contribution in [-0.2, 0) is 27.4 Å². The number of carbonyl (C=O) groups is 2. The number of rotatable bonds is 13. The summed E-state index contributed by atoms with van der Waals surface area (Å²) >= 11 is 0. The van der Waals surface area contributed by atoms with Crippen LogP contribution in [0.15, 0.2) is 48.7 Å². The van der Waals surface area contributed by atoms with E-state index in [1.807, 2.05) is 35.4 Å². The molecule has 32 heavy (non-hydrogen) atoms. The summed E-state index contributed by atoms with van der Waals surface area (Å²) in [5.74, 6) is 0.723. The van der Waals surface area contributed by atoms with Gasteiger partial charge >= 0.3 is 0 Å². The average molecular weight is 440 g/mol. The van der Waals surface area contributed by atoms with Gasteiger partial charge in [0.15, 0.2) is 0 Å². The minimum Gasteiger partial charge on any atom is -0.383 e. The Labute approximate surface area is 192 Å². The van der Waals surface area contributed by atoms with E-state index in [0.717, 1.165) is 31.5 Å². The van der Waals surface area contributed by atoms with Gasteiger partial charge in [-0.25, -0.2) is 0 Å². The van der Waals surface area contributed by atoms with E-state index < -0.39 is 0 Å². The van der Waals surface area contributed by atoms with Gasteiger partial charge in [-0.2, -0.15) is 0 Å². The van der Waals surface area contributed by atoms with Crippen LogP contribution in [-0.4, -0.2) is 59.5 Å². The van der Waals surface area contributed by atoms with Gasteiger partial charge in [-0.3, -0.25) is 9.59 Å². The van der Waals surface area contributed by atoms with Crippen molar-refractivity contribution in [1.29, 1.82) is 0 Å². The van der Waals surface area contributed by atoms with Crippen LogP contribution in [0.2, 0.25) is 0 Å². The van der Waals surface area contributed by atoms with E-state index in [1.165, 1.54) is 5.56 Å². The second kappa shape index (κ2) is 11.9. The fourth-order valence-corrected chi connectivity index (χ4v) is 3.75. The van der Waals surface area contributed by atoms with E-state index in [1.54, 1.807) is 12.0 Å². The first-order valence-electron chi connectivity index (χ1n) is 11.7. The highest BCUT2D eigenvalue weighted by Crippen LogP contribution is 2.31. The highest BCUT2D eigenvalue weighted by atomic mass is 16.5. The normalized spacial score (nSPS) is 13.4. The molecule has 1 aliphatic rings. The first kappa shape index (κ1) is 24.1. The summed E-state index contributed by atoms with van der Waals surface area (Å²) in [6, 6.07) is 14.4. The summed E-state index contributed by atoms with van der Waals surface area (Å²) in [5.41, 5.74) is 2.29. The SMILES string of the molecule is COCCN(Cc1cccn1Cc1ccccc1)C(=O)CN(CCC(C)C)C(=O)C1CC1. The summed E-state index contributed by atoms with van der Waals surface area (Å²) in [4.78, 5) is 29.7. The molecule has 1 aliphatic carbocycles. The Balaban J connectivity index is 1.69. The summed E-state index contributed by atoms with van der Waals surface area (Å²) in [7, 11) is 1.65. The predicted molar refractivity (Wildman–Crippen MR) is 126 cm³/mol. The van der Waals surface area contributed by atoms with Crippen molar-refractivity contribution in [2.45, 2.75) is 46.2 Å². The Bertz CT molecular complexity index is 858. The number of hydrogen-bond donors (Lipinski definition) is 0. The molecule has 0 radical (unpaired) electrons. The molecule has 2 aromatic rings. The number of methoxy groups -OCH3 is 1. The van der Waals surface area contributed by atoms with Crippen molar-refractivity contribution < 1.29 is 14.3 Å². The highest BCUT2D eigenvalue weighted by Gasteiger charge is 2.34. The number of amides is 2. The van der Waals surface area contributed by atoms with Crippen molar-refractivity contribution in [3.8, 4) is 0 Å². The van der Waals surface area contributed by atoms with Crippen molar-refractivity contribution in [2.24, 2.45) is 11.8 Å². The van der Waals surface area contributed by atoms with Crippen LogP contribution in [0.1, 0.15) is 44.4 Å². The topological polar surface area (TPSA) is 54.8 Å². The zero-order valence-electron chi connectivity index (χ0n) is 19.7. The number of carbonyl (C=O) groups excluding carboxylic acids is 2. The van der Waals surface area contributed by atoms with Crippen molar-refractivity contribution in [1.82, 2.24) is 14.4 Å². The van der Waals surface area contributed by atoms with Gasteiger partial charge in [0, 0.05) is 44.6 Å². The summed E-state index contributed by atoms with van der Waals surface area (Å²) in [6.45, 7) is 7.30. The summed E-state index contributed by atoms with van der Waals surface area (Å²) in [5, 5.41) is 0. The monoisotopic (exact) mass is 439 g/mol. The van der Waals surface area contributed by atoms with Gasteiger partial charge in [-0.1, -0.05) is 44.2 Å². The van der Waals surface area contributed by atoms with E-state index in [-0.39, 0.29) is 24.3 Å². The number of ether oxygens (including phenoxy) is 1. The molecule has 1 saturated carbocycles. The Kier molecular flexibility index (Phi) is 8.91. The lowest BCUT2D eigenvalue weighted by atomic mass is 10.1. The molecule has 1 fully saturated rings. The molecule has 1 heterocycles. The van der Waals surface area contributed by atoms with E-state index in [9.17, 15) is 9.59 Å². The van der Waals surface area contributed by atoms with Crippen LogP contribution in [0, 0.1) is 11.8 Å². The molecule has 1 aromatic carbocycles. The van der Waals surface area contributed by atoms with Crippen molar-refractivity contribution in [2.75, 3.05) is 33.4 Å². The molecule has 0 N–H and O–H groups in total. The molecule has 0 atom stereocenters. The van der Waals surface area contributed by atoms with Crippen molar-refractivity contribution >= 4 is 11.8 Å². The third kappa shape index (κ3) is 7.23. The second-order valence-corrected chi connectivity index (χ2v) is 9.14.